The molecule has 20 heavy (non-hydrogen) atoms. The summed E-state index contributed by atoms with van der Waals surface area (Å²) in [6, 6.07) is -0.312. The van der Waals surface area contributed by atoms with Crippen LogP contribution < -0.4 is 5.32 Å². The van der Waals surface area contributed by atoms with Gasteiger partial charge < -0.3 is 15.3 Å². The average molecular weight is 284 g/mol. The van der Waals surface area contributed by atoms with Gasteiger partial charge in [0.25, 0.3) is 0 Å². The molecule has 1 saturated heterocycles. The fourth-order valence-electron chi connectivity index (χ4n) is 2.41. The van der Waals surface area contributed by atoms with Gasteiger partial charge in [0.2, 0.25) is 11.8 Å². The van der Waals surface area contributed by atoms with Gasteiger partial charge in [-0.25, -0.2) is 0 Å². The van der Waals surface area contributed by atoms with Crippen molar-refractivity contribution in [1.82, 2.24) is 10.2 Å². The molecule has 0 saturated carbocycles. The molecule has 2 N–H and O–H groups in total. The lowest BCUT2D eigenvalue weighted by atomic mass is 10.0. The number of carbonyl (C=O) groups excluding carboxylic acids is 2. The highest BCUT2D eigenvalue weighted by Crippen LogP contribution is 2.24. The van der Waals surface area contributed by atoms with Gasteiger partial charge in [0.1, 0.15) is 0 Å². The molecule has 0 radical (unpaired) electrons. The molecule has 6 nitrogen and oxygen atoms in total. The van der Waals surface area contributed by atoms with Crippen LogP contribution in [-0.4, -0.2) is 46.9 Å². The summed E-state index contributed by atoms with van der Waals surface area (Å²) < 4.78 is 0. The largest absolute Gasteiger partial charge is 0.481 e. The molecule has 1 fully saturated rings. The Kier molecular flexibility index (Phi) is 5.98. The van der Waals surface area contributed by atoms with Crippen molar-refractivity contribution in [2.45, 2.75) is 46.1 Å². The van der Waals surface area contributed by atoms with E-state index in [1.165, 1.54) is 0 Å². The molecule has 2 unspecified atom stereocenters. The second-order valence-corrected chi connectivity index (χ2v) is 5.77. The topological polar surface area (TPSA) is 86.7 Å². The van der Waals surface area contributed by atoms with Gasteiger partial charge in [-0.1, -0.05) is 13.8 Å². The second kappa shape index (κ2) is 7.26. The van der Waals surface area contributed by atoms with E-state index in [1.54, 1.807) is 11.8 Å². The number of hydrogen-bond donors (Lipinski definition) is 2. The van der Waals surface area contributed by atoms with Gasteiger partial charge in [0.05, 0.1) is 12.5 Å². The molecule has 2 atom stereocenters. The summed E-state index contributed by atoms with van der Waals surface area (Å²) in [6.07, 6.45) is 1.68. The molecule has 0 bridgehead atoms. The zero-order valence-corrected chi connectivity index (χ0v) is 12.4. The van der Waals surface area contributed by atoms with Crippen molar-refractivity contribution >= 4 is 17.8 Å². The van der Waals surface area contributed by atoms with E-state index in [9.17, 15) is 14.4 Å². The van der Waals surface area contributed by atoms with E-state index < -0.39 is 11.9 Å². The highest BCUT2D eigenvalue weighted by atomic mass is 16.4. The van der Waals surface area contributed by atoms with E-state index >= 15 is 0 Å². The Bertz CT molecular complexity index is 381. The van der Waals surface area contributed by atoms with Crippen LogP contribution in [0.2, 0.25) is 0 Å². The van der Waals surface area contributed by atoms with E-state index in [0.717, 1.165) is 6.42 Å². The van der Waals surface area contributed by atoms with Gasteiger partial charge in [0, 0.05) is 19.0 Å². The van der Waals surface area contributed by atoms with Crippen LogP contribution in [0.1, 0.15) is 40.0 Å². The lowest BCUT2D eigenvalue weighted by Gasteiger charge is -2.23. The number of nitrogens with zero attached hydrogens (tertiary/aromatic N) is 1. The Morgan fingerprint density at radius 2 is 2.00 bits per heavy atom. The highest BCUT2D eigenvalue weighted by molar-refractivity contribution is 5.85. The first-order valence-corrected chi connectivity index (χ1v) is 7.12. The smallest absolute Gasteiger partial charge is 0.308 e. The maximum Gasteiger partial charge on any atom is 0.308 e. The van der Waals surface area contributed by atoms with Crippen LogP contribution in [0.4, 0.5) is 0 Å². The van der Waals surface area contributed by atoms with Crippen molar-refractivity contribution in [2.75, 3.05) is 13.1 Å². The quantitative estimate of drug-likeness (QED) is 0.757. The Labute approximate surface area is 119 Å². The Hall–Kier alpha value is -1.59. The number of carboxylic acids is 1. The van der Waals surface area contributed by atoms with Gasteiger partial charge in [-0.15, -0.1) is 0 Å². The molecular weight excluding hydrogens is 260 g/mol. The predicted molar refractivity (Wildman–Crippen MR) is 74.0 cm³/mol. The molecule has 1 rings (SSSR count). The third-order valence-electron chi connectivity index (χ3n) is 3.78. The van der Waals surface area contributed by atoms with Crippen LogP contribution in [0, 0.1) is 11.8 Å². The number of rotatable bonds is 6. The van der Waals surface area contributed by atoms with E-state index in [0.29, 0.717) is 25.3 Å². The normalized spacial score (nSPS) is 22.1. The second-order valence-electron chi connectivity index (χ2n) is 5.77. The number of nitrogens with one attached hydrogen (secondary N) is 1. The van der Waals surface area contributed by atoms with Gasteiger partial charge >= 0.3 is 5.97 Å². The van der Waals surface area contributed by atoms with E-state index in [2.05, 4.69) is 5.32 Å². The van der Waals surface area contributed by atoms with Crippen molar-refractivity contribution in [1.29, 1.82) is 0 Å². The molecule has 0 aromatic heterocycles. The van der Waals surface area contributed by atoms with Gasteiger partial charge in [-0.05, 0) is 25.7 Å². The summed E-state index contributed by atoms with van der Waals surface area (Å²) in [5.41, 5.74) is 0. The average Bonchev–Trinajstić information content (AvgIpc) is 2.75. The van der Waals surface area contributed by atoms with Gasteiger partial charge in [-0.2, -0.15) is 0 Å². The third-order valence-corrected chi connectivity index (χ3v) is 3.78. The minimum absolute atomic E-state index is 0.0480. The SMILES string of the molecule is CC(C)CCC(=O)NCC(=O)N1CCC(C(=O)O)C1C. The lowest BCUT2D eigenvalue weighted by Crippen LogP contribution is -2.43. The van der Waals surface area contributed by atoms with Crippen LogP contribution in [0.5, 0.6) is 0 Å². The van der Waals surface area contributed by atoms with Crippen molar-refractivity contribution in [3.8, 4) is 0 Å². The van der Waals surface area contributed by atoms with E-state index in [-0.39, 0.29) is 24.4 Å². The highest BCUT2D eigenvalue weighted by Gasteiger charge is 2.37. The predicted octanol–water partition coefficient (Wildman–Crippen LogP) is 0.860. The van der Waals surface area contributed by atoms with Crippen molar-refractivity contribution in [3.05, 3.63) is 0 Å². The van der Waals surface area contributed by atoms with Crippen LogP contribution in [0.3, 0.4) is 0 Å². The summed E-state index contributed by atoms with van der Waals surface area (Å²) in [5.74, 6) is -1.26. The van der Waals surface area contributed by atoms with E-state index in [1.807, 2.05) is 13.8 Å². The first-order chi connectivity index (χ1) is 9.32. The minimum atomic E-state index is -0.867. The van der Waals surface area contributed by atoms with Crippen molar-refractivity contribution in [2.24, 2.45) is 11.8 Å². The summed E-state index contributed by atoms with van der Waals surface area (Å²) in [4.78, 5) is 36.1. The van der Waals surface area contributed by atoms with E-state index in [4.69, 9.17) is 5.11 Å². The molecule has 0 aromatic rings. The Balaban J connectivity index is 2.37. The lowest BCUT2D eigenvalue weighted by molar-refractivity contribution is -0.143. The third kappa shape index (κ3) is 4.51. The molecule has 1 aliphatic rings. The monoisotopic (exact) mass is 284 g/mol. The number of carbonyl (C=O) groups is 3. The first kappa shape index (κ1) is 16.5. The number of hydrogen-bond acceptors (Lipinski definition) is 3. The van der Waals surface area contributed by atoms with Crippen LogP contribution in [0.25, 0.3) is 0 Å². The number of carboxylic acid groups (broad SMARTS) is 1. The van der Waals surface area contributed by atoms with Gasteiger partial charge in [0.15, 0.2) is 0 Å². The summed E-state index contributed by atoms with van der Waals surface area (Å²) in [6.45, 7) is 6.21. The van der Waals surface area contributed by atoms with Crippen LogP contribution >= 0.6 is 0 Å². The minimum Gasteiger partial charge on any atom is -0.481 e. The molecule has 1 aliphatic heterocycles. The number of aliphatic carboxylic acids is 1. The summed E-state index contributed by atoms with van der Waals surface area (Å²) in [5, 5.41) is 11.6. The number of likely N-dealkylation sites (tertiary alicyclic amines) is 1. The zero-order valence-electron chi connectivity index (χ0n) is 12.4. The van der Waals surface area contributed by atoms with Crippen molar-refractivity contribution < 1.29 is 19.5 Å². The molecule has 6 heteroatoms. The first-order valence-electron chi connectivity index (χ1n) is 7.12. The zero-order chi connectivity index (χ0) is 15.3. The van der Waals surface area contributed by atoms with Crippen LogP contribution in [-0.2, 0) is 14.4 Å². The Morgan fingerprint density at radius 3 is 2.50 bits per heavy atom. The summed E-state index contributed by atoms with van der Waals surface area (Å²) in [7, 11) is 0. The summed E-state index contributed by atoms with van der Waals surface area (Å²) >= 11 is 0. The maximum absolute atomic E-state index is 12.0. The molecule has 114 valence electrons. The molecule has 1 heterocycles. The molecular formula is C14H24N2O4. The number of amides is 2. The van der Waals surface area contributed by atoms with Gasteiger partial charge in [-0.3, -0.25) is 14.4 Å². The molecule has 0 aliphatic carbocycles. The van der Waals surface area contributed by atoms with Crippen LogP contribution in [0.15, 0.2) is 0 Å². The van der Waals surface area contributed by atoms with Crippen molar-refractivity contribution in [3.63, 3.8) is 0 Å². The fourth-order valence-corrected chi connectivity index (χ4v) is 2.41. The Morgan fingerprint density at radius 1 is 1.35 bits per heavy atom. The molecule has 0 aromatic carbocycles. The molecule has 2 amide bonds. The fraction of sp³-hybridized carbons (Fsp3) is 0.786. The maximum atomic E-state index is 12.0. The standard InChI is InChI=1S/C14H24N2O4/c1-9(2)4-5-12(17)15-8-13(18)16-7-6-11(10(16)3)14(19)20/h9-11H,4-8H2,1-3H3,(H,15,17)(H,19,20). The molecule has 0 spiro atoms.